The Labute approximate surface area is 190 Å². The van der Waals surface area contributed by atoms with E-state index in [4.69, 9.17) is 4.84 Å². The molecule has 0 spiro atoms. The van der Waals surface area contributed by atoms with Crippen LogP contribution in [0.2, 0.25) is 0 Å². The molecule has 0 radical (unpaired) electrons. The Morgan fingerprint density at radius 2 is 1.81 bits per heavy atom. The first-order valence-corrected chi connectivity index (χ1v) is 10.4. The quantitative estimate of drug-likeness (QED) is 0.467. The van der Waals surface area contributed by atoms with E-state index in [0.717, 1.165) is 14.8 Å². The number of amidine groups is 1. The summed E-state index contributed by atoms with van der Waals surface area (Å²) in [6.45, 7) is 4.34. The molecule has 0 saturated carbocycles. The molecule has 1 aromatic heterocycles. The van der Waals surface area contributed by atoms with E-state index in [-0.39, 0.29) is 5.75 Å². The Morgan fingerprint density at radius 1 is 1.13 bits per heavy atom. The number of nitrogens with zero attached hydrogens (tertiary/aromatic N) is 3. The molecule has 2 aromatic carbocycles. The Hall–Kier alpha value is -2.60. The first kappa shape index (κ1) is 21.6. The number of ether oxygens (including phenoxy) is 1. The van der Waals surface area contributed by atoms with Gasteiger partial charge in [-0.3, -0.25) is 4.68 Å². The number of hydrogen-bond donors (Lipinski definition) is 1. The van der Waals surface area contributed by atoms with E-state index in [0.29, 0.717) is 23.6 Å². The van der Waals surface area contributed by atoms with Crippen molar-refractivity contribution in [2.24, 2.45) is 4.99 Å². The average molecular weight is 542 g/mol. The van der Waals surface area contributed by atoms with E-state index >= 15 is 0 Å². The minimum atomic E-state index is -4.73. The lowest BCUT2D eigenvalue weighted by molar-refractivity contribution is -0.274. The Morgan fingerprint density at radius 3 is 2.45 bits per heavy atom. The number of aliphatic imine (C=N–C) groups is 1. The van der Waals surface area contributed by atoms with Gasteiger partial charge in [0.15, 0.2) is 5.84 Å². The normalized spacial score (nSPS) is 18.6. The summed E-state index contributed by atoms with van der Waals surface area (Å²) in [4.78, 5) is 10.3. The lowest BCUT2D eigenvalue weighted by Crippen LogP contribution is -2.25. The molecule has 1 N–H and O–H groups in total. The van der Waals surface area contributed by atoms with Gasteiger partial charge in [0.2, 0.25) is 5.72 Å². The van der Waals surface area contributed by atoms with Gasteiger partial charge in [0, 0.05) is 14.8 Å². The van der Waals surface area contributed by atoms with Gasteiger partial charge in [0.05, 0.1) is 6.54 Å². The lowest BCUT2D eigenvalue weighted by atomic mass is 10.1. The van der Waals surface area contributed by atoms with E-state index in [1.54, 1.807) is 6.92 Å². The van der Waals surface area contributed by atoms with Crippen molar-refractivity contribution in [1.29, 1.82) is 0 Å². The maximum atomic E-state index is 12.3. The maximum absolute atomic E-state index is 12.3. The summed E-state index contributed by atoms with van der Waals surface area (Å²) in [7, 11) is 0. The van der Waals surface area contributed by atoms with Crippen LogP contribution in [0.25, 0.3) is 0 Å². The van der Waals surface area contributed by atoms with Crippen molar-refractivity contribution in [3.8, 4) is 5.75 Å². The van der Waals surface area contributed by atoms with Gasteiger partial charge in [-0.15, -0.1) is 13.2 Å². The summed E-state index contributed by atoms with van der Waals surface area (Å²) in [6, 6.07) is 15.5. The van der Waals surface area contributed by atoms with E-state index in [9.17, 15) is 13.2 Å². The number of rotatable bonds is 5. The van der Waals surface area contributed by atoms with Crippen LogP contribution in [-0.4, -0.2) is 22.0 Å². The molecule has 4 rings (SSSR count). The van der Waals surface area contributed by atoms with E-state index in [1.807, 2.05) is 29.8 Å². The van der Waals surface area contributed by atoms with E-state index in [2.05, 4.69) is 55.0 Å². The molecule has 162 valence electrons. The van der Waals surface area contributed by atoms with Gasteiger partial charge in [0.1, 0.15) is 11.4 Å². The third-order valence-electron chi connectivity index (χ3n) is 4.73. The highest BCUT2D eigenvalue weighted by molar-refractivity contribution is 14.1. The molecule has 0 amide bonds. The molecular weight excluding hydrogens is 524 g/mol. The van der Waals surface area contributed by atoms with Crippen molar-refractivity contribution < 1.29 is 22.7 Å². The monoisotopic (exact) mass is 542 g/mol. The van der Waals surface area contributed by atoms with Crippen LogP contribution in [0.4, 0.5) is 13.2 Å². The van der Waals surface area contributed by atoms with Gasteiger partial charge in [-0.05, 0) is 84.5 Å². The summed E-state index contributed by atoms with van der Waals surface area (Å²) in [5, 5.41) is 4.66. The second-order valence-electron chi connectivity index (χ2n) is 7.17. The van der Waals surface area contributed by atoms with Gasteiger partial charge in [-0.25, -0.2) is 15.3 Å². The second-order valence-corrected chi connectivity index (χ2v) is 8.42. The fourth-order valence-corrected chi connectivity index (χ4v) is 3.47. The highest BCUT2D eigenvalue weighted by Gasteiger charge is 2.37. The minimum Gasteiger partial charge on any atom is -0.406 e. The van der Waals surface area contributed by atoms with Crippen LogP contribution in [0.1, 0.15) is 29.4 Å². The van der Waals surface area contributed by atoms with Gasteiger partial charge in [-0.1, -0.05) is 12.1 Å². The van der Waals surface area contributed by atoms with Gasteiger partial charge >= 0.3 is 6.36 Å². The topological polar surface area (TPSA) is 60.7 Å². The number of halogens is 4. The SMILES string of the molecule is Cc1cc(C2(C)N=C(c3ccc(OC(F)(F)F)cc3)NO2)nn1Cc1ccc(I)cc1. The molecule has 3 aromatic rings. The summed E-state index contributed by atoms with van der Waals surface area (Å²) in [5.41, 5.74) is 4.94. The number of benzene rings is 2. The molecule has 0 bridgehead atoms. The summed E-state index contributed by atoms with van der Waals surface area (Å²) < 4.78 is 43.9. The van der Waals surface area contributed by atoms with Crippen LogP contribution in [0, 0.1) is 10.5 Å². The lowest BCUT2D eigenvalue weighted by Gasteiger charge is -2.15. The van der Waals surface area contributed by atoms with Crippen molar-refractivity contribution in [2.75, 3.05) is 0 Å². The summed E-state index contributed by atoms with van der Waals surface area (Å²) in [5.74, 6) is 0.0920. The molecule has 0 saturated heterocycles. The number of nitrogens with one attached hydrogen (secondary N) is 1. The fourth-order valence-electron chi connectivity index (χ4n) is 3.11. The fraction of sp³-hybridized carbons (Fsp3) is 0.238. The molecular formula is C21H18F3IN4O2. The molecule has 0 fully saturated rings. The van der Waals surface area contributed by atoms with Crippen molar-refractivity contribution >= 4 is 28.4 Å². The van der Waals surface area contributed by atoms with Crippen LogP contribution in [0.3, 0.4) is 0 Å². The van der Waals surface area contributed by atoms with Crippen molar-refractivity contribution in [3.05, 3.63) is 80.7 Å². The Balaban J connectivity index is 1.53. The molecule has 1 atom stereocenters. The molecule has 31 heavy (non-hydrogen) atoms. The summed E-state index contributed by atoms with van der Waals surface area (Å²) in [6.07, 6.45) is -4.73. The Bertz CT molecular complexity index is 1110. The van der Waals surface area contributed by atoms with E-state index < -0.39 is 12.1 Å². The molecule has 1 aliphatic heterocycles. The van der Waals surface area contributed by atoms with Crippen LogP contribution < -0.4 is 10.2 Å². The average Bonchev–Trinajstić information content (AvgIpc) is 3.28. The predicted octanol–water partition coefficient (Wildman–Crippen LogP) is 4.90. The molecule has 10 heteroatoms. The molecule has 6 nitrogen and oxygen atoms in total. The third kappa shape index (κ3) is 5.01. The van der Waals surface area contributed by atoms with Gasteiger partial charge < -0.3 is 4.74 Å². The smallest absolute Gasteiger partial charge is 0.406 e. The van der Waals surface area contributed by atoms with Crippen molar-refractivity contribution in [3.63, 3.8) is 0 Å². The molecule has 0 aliphatic carbocycles. The van der Waals surface area contributed by atoms with Crippen LogP contribution in [-0.2, 0) is 17.1 Å². The number of aromatic nitrogens is 2. The first-order chi connectivity index (χ1) is 14.6. The van der Waals surface area contributed by atoms with Crippen LogP contribution in [0.15, 0.2) is 59.6 Å². The van der Waals surface area contributed by atoms with Crippen LogP contribution >= 0.6 is 22.6 Å². The predicted molar refractivity (Wildman–Crippen MR) is 116 cm³/mol. The zero-order valence-corrected chi connectivity index (χ0v) is 18.7. The van der Waals surface area contributed by atoms with Gasteiger partial charge in [0.25, 0.3) is 0 Å². The zero-order valence-electron chi connectivity index (χ0n) is 16.6. The molecule has 1 aliphatic rings. The largest absolute Gasteiger partial charge is 0.573 e. The molecule has 1 unspecified atom stereocenters. The third-order valence-corrected chi connectivity index (χ3v) is 5.45. The minimum absolute atomic E-state index is 0.302. The summed E-state index contributed by atoms with van der Waals surface area (Å²) >= 11 is 2.26. The molecule has 2 heterocycles. The van der Waals surface area contributed by atoms with E-state index in [1.165, 1.54) is 24.3 Å². The standard InChI is InChI=1S/C21H18F3IN4O2/c1-13-11-18(27-29(13)12-14-3-7-16(25)8-4-14)20(2)26-19(28-31-20)15-5-9-17(10-6-15)30-21(22,23)24/h3-11H,12H2,1-2H3,(H,26,28). The highest BCUT2D eigenvalue weighted by atomic mass is 127. The van der Waals surface area contributed by atoms with Crippen molar-refractivity contribution in [1.82, 2.24) is 15.3 Å². The second kappa shape index (κ2) is 8.15. The van der Waals surface area contributed by atoms with Crippen LogP contribution in [0.5, 0.6) is 5.75 Å². The zero-order chi connectivity index (χ0) is 22.2. The highest BCUT2D eigenvalue weighted by Crippen LogP contribution is 2.31. The maximum Gasteiger partial charge on any atom is 0.573 e. The van der Waals surface area contributed by atoms with Gasteiger partial charge in [-0.2, -0.15) is 5.10 Å². The number of aryl methyl sites for hydroxylation is 1. The number of hydrogen-bond acceptors (Lipinski definition) is 5. The number of alkyl halides is 3. The Kier molecular flexibility index (Phi) is 5.69. The first-order valence-electron chi connectivity index (χ1n) is 9.31. The number of hydroxylamine groups is 1. The van der Waals surface area contributed by atoms with Crippen molar-refractivity contribution in [2.45, 2.75) is 32.5 Å².